The number of ether oxygens (including phenoxy) is 2. The Kier molecular flexibility index (Phi) is 5.60. The van der Waals surface area contributed by atoms with Crippen molar-refractivity contribution in [3.63, 3.8) is 0 Å². The summed E-state index contributed by atoms with van der Waals surface area (Å²) in [6, 6.07) is 14.9. The second-order valence-corrected chi connectivity index (χ2v) is 6.40. The van der Waals surface area contributed by atoms with E-state index < -0.39 is 0 Å². The average molecular weight is 356 g/mol. The molecular formula is C19H20N2O3S. The van der Waals surface area contributed by atoms with Crippen molar-refractivity contribution in [2.75, 3.05) is 19.5 Å². The van der Waals surface area contributed by atoms with E-state index in [2.05, 4.69) is 4.98 Å². The first-order valence-corrected chi connectivity index (χ1v) is 9.10. The zero-order valence-electron chi connectivity index (χ0n) is 14.3. The van der Waals surface area contributed by atoms with Crippen LogP contribution in [0.3, 0.4) is 0 Å². The highest BCUT2D eigenvalue weighted by Gasteiger charge is 2.10. The topological polar surface area (TPSA) is 53.4 Å². The predicted molar refractivity (Wildman–Crippen MR) is 101 cm³/mol. The van der Waals surface area contributed by atoms with E-state index in [1.807, 2.05) is 55.5 Å². The Morgan fingerprint density at radius 1 is 1.08 bits per heavy atom. The smallest absolute Gasteiger partial charge is 0.262 e. The van der Waals surface area contributed by atoms with Gasteiger partial charge in [0.1, 0.15) is 11.5 Å². The van der Waals surface area contributed by atoms with Gasteiger partial charge < -0.3 is 9.47 Å². The lowest BCUT2D eigenvalue weighted by molar-refractivity contribution is 0.342. The fraction of sp³-hybridized carbons (Fsp3) is 0.263. The number of fused-ring (bicyclic) bond motifs is 1. The van der Waals surface area contributed by atoms with Gasteiger partial charge in [-0.25, -0.2) is 4.98 Å². The maximum atomic E-state index is 12.6. The van der Waals surface area contributed by atoms with Crippen molar-refractivity contribution in [3.05, 3.63) is 58.9 Å². The van der Waals surface area contributed by atoms with E-state index in [0.717, 1.165) is 22.2 Å². The van der Waals surface area contributed by atoms with E-state index in [1.165, 1.54) is 11.8 Å². The zero-order chi connectivity index (χ0) is 17.6. The molecule has 1 aromatic heterocycles. The number of para-hydroxylation sites is 1. The van der Waals surface area contributed by atoms with Crippen molar-refractivity contribution >= 4 is 22.7 Å². The Hall–Kier alpha value is -2.47. The molecule has 0 atom stereocenters. The number of nitrogens with zero attached hydrogens (tertiary/aromatic N) is 2. The van der Waals surface area contributed by atoms with Gasteiger partial charge in [-0.1, -0.05) is 23.9 Å². The van der Waals surface area contributed by atoms with E-state index in [4.69, 9.17) is 9.47 Å². The van der Waals surface area contributed by atoms with Gasteiger partial charge in [-0.15, -0.1) is 0 Å². The normalized spacial score (nSPS) is 10.8. The number of hydrogen-bond acceptors (Lipinski definition) is 5. The van der Waals surface area contributed by atoms with Crippen LogP contribution in [0.4, 0.5) is 0 Å². The summed E-state index contributed by atoms with van der Waals surface area (Å²) in [4.78, 5) is 17.2. The largest absolute Gasteiger partial charge is 0.497 e. The summed E-state index contributed by atoms with van der Waals surface area (Å²) < 4.78 is 12.6. The minimum atomic E-state index is 0.00618. The standard InChI is InChI=1S/C19H20N2O3S/c1-3-21-18(22)16-6-4-5-7-17(16)20-19(21)25-13-12-24-15-10-8-14(23-2)9-11-15/h4-11H,3,12-13H2,1-2H3. The molecule has 6 heteroatoms. The molecule has 0 aliphatic rings. The molecule has 5 nitrogen and oxygen atoms in total. The van der Waals surface area contributed by atoms with Gasteiger partial charge in [0, 0.05) is 12.3 Å². The molecule has 130 valence electrons. The lowest BCUT2D eigenvalue weighted by atomic mass is 10.2. The van der Waals surface area contributed by atoms with Crippen LogP contribution < -0.4 is 15.0 Å². The summed E-state index contributed by atoms with van der Waals surface area (Å²) in [5.41, 5.74) is 0.738. The number of rotatable bonds is 7. The van der Waals surface area contributed by atoms with Gasteiger partial charge in [-0.2, -0.15) is 0 Å². The average Bonchev–Trinajstić information content (AvgIpc) is 2.66. The van der Waals surface area contributed by atoms with Crippen LogP contribution in [-0.2, 0) is 6.54 Å². The van der Waals surface area contributed by atoms with Crippen molar-refractivity contribution in [3.8, 4) is 11.5 Å². The summed E-state index contributed by atoms with van der Waals surface area (Å²) in [7, 11) is 1.64. The minimum absolute atomic E-state index is 0.00618. The Morgan fingerprint density at radius 3 is 2.52 bits per heavy atom. The lowest BCUT2D eigenvalue weighted by Crippen LogP contribution is -2.22. The summed E-state index contributed by atoms with van der Waals surface area (Å²) in [5.74, 6) is 2.30. The molecule has 2 aromatic carbocycles. The minimum Gasteiger partial charge on any atom is -0.497 e. The monoisotopic (exact) mass is 356 g/mol. The Labute approximate surface area is 150 Å². The molecule has 3 aromatic rings. The van der Waals surface area contributed by atoms with Crippen LogP contribution >= 0.6 is 11.8 Å². The van der Waals surface area contributed by atoms with Gasteiger partial charge in [0.15, 0.2) is 5.16 Å². The molecule has 0 amide bonds. The number of benzene rings is 2. The second-order valence-electron chi connectivity index (χ2n) is 5.33. The molecule has 0 bridgehead atoms. The first-order chi connectivity index (χ1) is 12.2. The Balaban J connectivity index is 1.67. The number of thioether (sulfide) groups is 1. The van der Waals surface area contributed by atoms with Crippen LogP contribution in [0, 0.1) is 0 Å². The third-order valence-corrected chi connectivity index (χ3v) is 4.73. The second kappa shape index (κ2) is 8.07. The van der Waals surface area contributed by atoms with Crippen molar-refractivity contribution < 1.29 is 9.47 Å². The van der Waals surface area contributed by atoms with Gasteiger partial charge in [0.05, 0.1) is 24.6 Å². The predicted octanol–water partition coefficient (Wildman–Crippen LogP) is 3.60. The van der Waals surface area contributed by atoms with Gasteiger partial charge in [0.25, 0.3) is 5.56 Å². The summed E-state index contributed by atoms with van der Waals surface area (Å²) in [6.07, 6.45) is 0. The molecular weight excluding hydrogens is 336 g/mol. The SMILES string of the molecule is CCn1c(SCCOc2ccc(OC)cc2)nc2ccccc2c1=O. The molecule has 0 spiro atoms. The molecule has 1 heterocycles. The van der Waals surface area contributed by atoms with Gasteiger partial charge in [0.2, 0.25) is 0 Å². The summed E-state index contributed by atoms with van der Waals surface area (Å²) >= 11 is 1.53. The molecule has 0 aliphatic carbocycles. The van der Waals surface area contributed by atoms with Gasteiger partial charge >= 0.3 is 0 Å². The quantitative estimate of drug-likeness (QED) is 0.368. The zero-order valence-corrected chi connectivity index (χ0v) is 15.1. The maximum Gasteiger partial charge on any atom is 0.262 e. The van der Waals surface area contributed by atoms with Crippen molar-refractivity contribution in [1.29, 1.82) is 0 Å². The highest BCUT2D eigenvalue weighted by Crippen LogP contribution is 2.20. The number of methoxy groups -OCH3 is 1. The van der Waals surface area contributed by atoms with Crippen LogP contribution in [-0.4, -0.2) is 29.0 Å². The van der Waals surface area contributed by atoms with E-state index in [9.17, 15) is 4.79 Å². The molecule has 0 radical (unpaired) electrons. The lowest BCUT2D eigenvalue weighted by Gasteiger charge is -2.11. The molecule has 25 heavy (non-hydrogen) atoms. The van der Waals surface area contributed by atoms with E-state index in [-0.39, 0.29) is 5.56 Å². The maximum absolute atomic E-state index is 12.6. The van der Waals surface area contributed by atoms with E-state index in [0.29, 0.717) is 24.3 Å². The fourth-order valence-corrected chi connectivity index (χ4v) is 3.38. The summed E-state index contributed by atoms with van der Waals surface area (Å²) in [6.45, 7) is 3.08. The third-order valence-electron chi connectivity index (χ3n) is 3.79. The first kappa shape index (κ1) is 17.4. The number of aromatic nitrogens is 2. The molecule has 0 aliphatic heterocycles. The van der Waals surface area contributed by atoms with E-state index >= 15 is 0 Å². The van der Waals surface area contributed by atoms with Crippen LogP contribution in [0.2, 0.25) is 0 Å². The Morgan fingerprint density at radius 2 is 1.80 bits per heavy atom. The highest BCUT2D eigenvalue weighted by molar-refractivity contribution is 7.99. The molecule has 3 rings (SSSR count). The van der Waals surface area contributed by atoms with Gasteiger partial charge in [-0.05, 0) is 43.3 Å². The Bertz CT molecular complexity index is 907. The van der Waals surface area contributed by atoms with Gasteiger partial charge in [-0.3, -0.25) is 9.36 Å². The van der Waals surface area contributed by atoms with Crippen LogP contribution in [0.15, 0.2) is 58.5 Å². The molecule has 0 saturated carbocycles. The highest BCUT2D eigenvalue weighted by atomic mass is 32.2. The first-order valence-electron chi connectivity index (χ1n) is 8.12. The molecule has 0 fully saturated rings. The molecule has 0 N–H and O–H groups in total. The van der Waals surface area contributed by atoms with Crippen molar-refractivity contribution in [2.45, 2.75) is 18.6 Å². The van der Waals surface area contributed by atoms with Crippen LogP contribution in [0.1, 0.15) is 6.92 Å². The van der Waals surface area contributed by atoms with Crippen molar-refractivity contribution in [2.24, 2.45) is 0 Å². The third kappa shape index (κ3) is 3.96. The fourth-order valence-electron chi connectivity index (χ4n) is 2.50. The summed E-state index contributed by atoms with van der Waals surface area (Å²) in [5, 5.41) is 1.38. The molecule has 0 saturated heterocycles. The number of hydrogen-bond donors (Lipinski definition) is 0. The van der Waals surface area contributed by atoms with E-state index in [1.54, 1.807) is 11.7 Å². The van der Waals surface area contributed by atoms with Crippen LogP contribution in [0.25, 0.3) is 10.9 Å². The van der Waals surface area contributed by atoms with Crippen LogP contribution in [0.5, 0.6) is 11.5 Å². The molecule has 0 unspecified atom stereocenters. The van der Waals surface area contributed by atoms with Crippen molar-refractivity contribution in [1.82, 2.24) is 9.55 Å².